The van der Waals surface area contributed by atoms with Crippen LogP contribution in [0.1, 0.15) is 101 Å². The number of hydrogen-bond donors (Lipinski definition) is 1. The van der Waals surface area contributed by atoms with Gasteiger partial charge in [0, 0.05) is 0 Å². The molecule has 2 nitrogen and oxygen atoms in total. The molecule has 2 aromatic carbocycles. The van der Waals surface area contributed by atoms with Crippen molar-refractivity contribution in [3.63, 3.8) is 0 Å². The van der Waals surface area contributed by atoms with Gasteiger partial charge in [-0.15, -0.1) is 0 Å². The summed E-state index contributed by atoms with van der Waals surface area (Å²) in [7, 11) is 0. The van der Waals surface area contributed by atoms with E-state index in [0.717, 1.165) is 13.2 Å². The van der Waals surface area contributed by atoms with E-state index in [1.165, 1.54) is 39.7 Å². The Kier molecular flexibility index (Phi) is 10.8. The van der Waals surface area contributed by atoms with Crippen molar-refractivity contribution in [3.05, 3.63) is 87.4 Å². The fourth-order valence-electron chi connectivity index (χ4n) is 4.68. The second kappa shape index (κ2) is 12.5. The maximum atomic E-state index is 3.80. The molecular formula is C30H40Br2N2Pd. The van der Waals surface area contributed by atoms with Crippen LogP contribution in [-0.2, 0) is 18.7 Å². The second-order valence-electron chi connectivity index (χ2n) is 10.2. The van der Waals surface area contributed by atoms with Crippen LogP contribution in [0.2, 0.25) is 0 Å². The van der Waals surface area contributed by atoms with Gasteiger partial charge in [-0.25, -0.2) is 19.6 Å². The van der Waals surface area contributed by atoms with E-state index in [4.69, 9.17) is 0 Å². The number of nitrogens with one attached hydrogen (secondary N) is 1. The number of halogens is 2. The average Bonchev–Trinajstić information content (AvgIpc) is 3.14. The van der Waals surface area contributed by atoms with Crippen molar-refractivity contribution in [2.24, 2.45) is 0 Å². The molecule has 0 amide bonds. The van der Waals surface area contributed by atoms with Crippen LogP contribution in [0, 0.1) is 6.92 Å². The normalized spacial score (nSPS) is 14.6. The molecule has 1 heterocycles. The van der Waals surface area contributed by atoms with Crippen molar-refractivity contribution in [1.29, 1.82) is 0 Å². The summed E-state index contributed by atoms with van der Waals surface area (Å²) in [5.41, 5.74) is 8.18. The van der Waals surface area contributed by atoms with Gasteiger partial charge in [0.05, 0.1) is 0 Å². The van der Waals surface area contributed by atoms with Gasteiger partial charge < -0.3 is 0 Å². The van der Waals surface area contributed by atoms with E-state index < -0.39 is 0 Å². The monoisotopic (exact) mass is 692 g/mol. The Labute approximate surface area is 241 Å². The van der Waals surface area contributed by atoms with Crippen LogP contribution in [0.15, 0.2) is 58.3 Å². The van der Waals surface area contributed by atoms with Crippen molar-refractivity contribution in [3.8, 4) is 0 Å². The third-order valence-electron chi connectivity index (χ3n) is 6.24. The third-order valence-corrected chi connectivity index (χ3v) is 7.93. The first-order valence-electron chi connectivity index (χ1n) is 12.2. The first-order valence-corrected chi connectivity index (χ1v) is 14.6. The number of benzene rings is 2. The number of quaternary nitrogens is 1. The Morgan fingerprint density at radius 2 is 1.06 bits per heavy atom. The first-order chi connectivity index (χ1) is 16.3. The Bertz CT molecular complexity index is 986. The number of hydrogen-bond acceptors (Lipinski definition) is 1. The average molecular weight is 695 g/mol. The molecule has 0 bridgehead atoms. The minimum atomic E-state index is 0.384. The SMILES string of the molecule is C=C[CH2-].CC(C)c1cc(Br)cc(C(C)C)c1[N+]1(c2c(C(C)C)cc(Br)cc2C(C)C)C=CN[C]1=[Pd]. The Balaban J connectivity index is 0.00000137. The van der Waals surface area contributed by atoms with E-state index in [1.54, 1.807) is 0 Å². The molecule has 0 unspecified atom stereocenters. The molecule has 0 fully saturated rings. The van der Waals surface area contributed by atoms with Gasteiger partial charge >= 0.3 is 223 Å². The Hall–Kier alpha value is -0.958. The van der Waals surface area contributed by atoms with Crippen molar-refractivity contribution < 1.29 is 18.7 Å². The van der Waals surface area contributed by atoms with E-state index >= 15 is 0 Å². The van der Waals surface area contributed by atoms with E-state index in [9.17, 15) is 0 Å². The first kappa shape index (κ1) is 30.3. The van der Waals surface area contributed by atoms with Gasteiger partial charge in [0.15, 0.2) is 0 Å². The zero-order chi connectivity index (χ0) is 26.7. The van der Waals surface area contributed by atoms with Crippen molar-refractivity contribution in [1.82, 2.24) is 9.80 Å². The molecule has 194 valence electrons. The van der Waals surface area contributed by atoms with Crippen LogP contribution in [-0.4, -0.2) is 4.23 Å². The molecule has 2 aromatic rings. The summed E-state index contributed by atoms with van der Waals surface area (Å²) in [5, 5.41) is 3.52. The van der Waals surface area contributed by atoms with E-state index in [0.29, 0.717) is 28.2 Å². The molecule has 1 N–H and O–H groups in total. The van der Waals surface area contributed by atoms with Crippen LogP contribution in [0.5, 0.6) is 0 Å². The summed E-state index contributed by atoms with van der Waals surface area (Å²) in [6.07, 6.45) is 5.91. The molecule has 0 saturated carbocycles. The van der Waals surface area contributed by atoms with Crippen molar-refractivity contribution >= 4 is 47.5 Å². The minimum absolute atomic E-state index is 0.384. The van der Waals surface area contributed by atoms with Gasteiger partial charge in [-0.3, -0.25) is 0 Å². The molecule has 0 aromatic heterocycles. The van der Waals surface area contributed by atoms with Gasteiger partial charge in [-0.1, -0.05) is 0 Å². The van der Waals surface area contributed by atoms with E-state index in [1.807, 2.05) is 0 Å². The van der Waals surface area contributed by atoms with Gasteiger partial charge in [-0.05, 0) is 0 Å². The van der Waals surface area contributed by atoms with Crippen molar-refractivity contribution in [2.75, 3.05) is 0 Å². The van der Waals surface area contributed by atoms with Crippen LogP contribution >= 0.6 is 31.9 Å². The Morgan fingerprint density at radius 3 is 1.26 bits per heavy atom. The molecule has 0 radical (unpaired) electrons. The fraction of sp³-hybridized carbons (Fsp3) is 0.400. The molecule has 3 rings (SSSR count). The van der Waals surface area contributed by atoms with Crippen LogP contribution in [0.25, 0.3) is 0 Å². The van der Waals surface area contributed by atoms with Crippen LogP contribution in [0.3, 0.4) is 0 Å². The summed E-state index contributed by atoms with van der Waals surface area (Å²) in [6, 6.07) is 9.24. The number of nitrogens with zero attached hydrogens (tertiary/aromatic N) is 1. The zero-order valence-electron chi connectivity index (χ0n) is 22.3. The molecule has 0 aliphatic carbocycles. The van der Waals surface area contributed by atoms with Gasteiger partial charge in [0.2, 0.25) is 0 Å². The molecule has 1 aliphatic rings. The van der Waals surface area contributed by atoms with Gasteiger partial charge in [0.25, 0.3) is 0 Å². The molecule has 0 saturated heterocycles. The quantitative estimate of drug-likeness (QED) is 0.180. The van der Waals surface area contributed by atoms with Gasteiger partial charge in [0.1, 0.15) is 0 Å². The number of allylic oxidation sites excluding steroid dienone is 1. The zero-order valence-corrected chi connectivity index (χ0v) is 27.0. The fourth-order valence-corrected chi connectivity index (χ4v) is 6.26. The van der Waals surface area contributed by atoms with E-state index in [2.05, 4.69) is 161 Å². The predicted octanol–water partition coefficient (Wildman–Crippen LogP) is 10.1. The van der Waals surface area contributed by atoms with Crippen molar-refractivity contribution in [2.45, 2.75) is 79.1 Å². The molecule has 0 atom stereocenters. The summed E-state index contributed by atoms with van der Waals surface area (Å²) >= 11 is 11.3. The third kappa shape index (κ3) is 6.13. The summed E-state index contributed by atoms with van der Waals surface area (Å²) in [6.45, 7) is 24.9. The number of rotatable bonds is 6. The van der Waals surface area contributed by atoms with Gasteiger partial charge in [-0.2, -0.15) is 0 Å². The maximum absolute atomic E-state index is 3.80. The predicted molar refractivity (Wildman–Crippen MR) is 159 cm³/mol. The molecule has 35 heavy (non-hydrogen) atoms. The topological polar surface area (TPSA) is 12.0 Å². The Morgan fingerprint density at radius 1 is 0.771 bits per heavy atom. The second-order valence-corrected chi connectivity index (χ2v) is 12.8. The summed E-state index contributed by atoms with van der Waals surface area (Å²) < 4.78 is 3.92. The molecular weight excluding hydrogens is 655 g/mol. The standard InChI is InChI=1S/C27H35Br2N2.C3H5.Pd/c1-16(2)22-11-20(28)12-23(17(3)4)26(22)31(10-9-30-15-31)27-24(18(5)6)13-21(29)14-25(27)19(7)8;1-3-2;/h9-14,16-19,30H,1-8H3;3H,1-2H2;/q+1;-1;. The van der Waals surface area contributed by atoms with E-state index in [-0.39, 0.29) is 0 Å². The molecule has 0 spiro atoms. The molecule has 1 aliphatic heterocycles. The summed E-state index contributed by atoms with van der Waals surface area (Å²) in [5.74, 6) is 1.53. The molecule has 5 heteroatoms. The van der Waals surface area contributed by atoms with Crippen LogP contribution in [0.4, 0.5) is 11.4 Å². The van der Waals surface area contributed by atoms with Crippen LogP contribution < -0.4 is 9.80 Å². The summed E-state index contributed by atoms with van der Waals surface area (Å²) in [4.78, 5) is 0.